The Morgan fingerprint density at radius 1 is 1.38 bits per heavy atom. The Kier molecular flexibility index (Phi) is 4.37. The van der Waals surface area contributed by atoms with E-state index >= 15 is 0 Å². The lowest BCUT2D eigenvalue weighted by atomic mass is 9.62. The number of carbonyl (C=O) groups is 1. The normalized spacial score (nSPS) is 21.6. The number of hydrogen-bond acceptors (Lipinski definition) is 5. The van der Waals surface area contributed by atoms with E-state index < -0.39 is 0 Å². The molecule has 1 amide bonds. The zero-order valence-electron chi connectivity index (χ0n) is 16.0. The molecule has 0 N–H and O–H groups in total. The first-order valence-corrected chi connectivity index (χ1v) is 10.3. The fourth-order valence-corrected chi connectivity index (χ4v) is 5.45. The van der Waals surface area contributed by atoms with Gasteiger partial charge in [-0.3, -0.25) is 4.79 Å². The lowest BCUT2D eigenvalue weighted by molar-refractivity contribution is 0.0726. The van der Waals surface area contributed by atoms with Crippen LogP contribution < -0.4 is 0 Å². The predicted octanol–water partition coefficient (Wildman–Crippen LogP) is 3.42. The minimum Gasteiger partial charge on any atom is -0.337 e. The van der Waals surface area contributed by atoms with Gasteiger partial charge in [0.2, 0.25) is 0 Å². The molecule has 140 valence electrons. The first kappa shape index (κ1) is 17.6. The molecule has 1 unspecified atom stereocenters. The van der Waals surface area contributed by atoms with E-state index in [4.69, 9.17) is 0 Å². The van der Waals surface area contributed by atoms with E-state index in [1.54, 1.807) is 0 Å². The van der Waals surface area contributed by atoms with Crippen LogP contribution in [-0.4, -0.2) is 43.6 Å². The summed E-state index contributed by atoms with van der Waals surface area (Å²) in [4.78, 5) is 20.4. The van der Waals surface area contributed by atoms with Crippen molar-refractivity contribution < 1.29 is 4.79 Å². The number of nitrogens with zero attached hydrogens (tertiary/aromatic N) is 5. The molecule has 2 aliphatic rings. The van der Waals surface area contributed by atoms with Gasteiger partial charge in [0.25, 0.3) is 5.91 Å². The molecular weight excluding hydrogens is 346 g/mol. The smallest absolute Gasteiger partial charge is 0.265 e. The summed E-state index contributed by atoms with van der Waals surface area (Å²) in [6, 6.07) is 0. The van der Waals surface area contributed by atoms with Crippen molar-refractivity contribution in [2.24, 2.45) is 11.3 Å². The van der Waals surface area contributed by atoms with Gasteiger partial charge in [-0.15, -0.1) is 21.5 Å². The Bertz CT molecular complexity index is 820. The zero-order valence-corrected chi connectivity index (χ0v) is 16.8. The van der Waals surface area contributed by atoms with Crippen molar-refractivity contribution in [3.05, 3.63) is 27.7 Å². The summed E-state index contributed by atoms with van der Waals surface area (Å²) in [5.74, 6) is 2.03. The first-order chi connectivity index (χ1) is 12.4. The van der Waals surface area contributed by atoms with Gasteiger partial charge in [-0.25, -0.2) is 4.98 Å². The minimum absolute atomic E-state index is 0.136. The van der Waals surface area contributed by atoms with E-state index in [9.17, 15) is 4.79 Å². The van der Waals surface area contributed by atoms with Gasteiger partial charge in [-0.1, -0.05) is 20.3 Å². The fraction of sp³-hybridized carbons (Fsp3) is 0.684. The van der Waals surface area contributed by atoms with Gasteiger partial charge in [-0.2, -0.15) is 0 Å². The van der Waals surface area contributed by atoms with Crippen LogP contribution in [0.1, 0.15) is 65.2 Å². The van der Waals surface area contributed by atoms with E-state index in [-0.39, 0.29) is 17.2 Å². The number of aromatic nitrogens is 4. The van der Waals surface area contributed by atoms with E-state index in [1.165, 1.54) is 30.6 Å². The average molecular weight is 374 g/mol. The molecule has 0 aromatic carbocycles. The van der Waals surface area contributed by atoms with Gasteiger partial charge in [-0.05, 0) is 38.0 Å². The summed E-state index contributed by atoms with van der Waals surface area (Å²) in [6.45, 7) is 10.8. The lowest BCUT2D eigenvalue weighted by Gasteiger charge is -2.42. The Balaban J connectivity index is 1.62. The van der Waals surface area contributed by atoms with E-state index in [0.29, 0.717) is 5.92 Å². The molecule has 1 aliphatic carbocycles. The number of rotatable bonds is 4. The molecule has 1 atom stereocenters. The summed E-state index contributed by atoms with van der Waals surface area (Å²) < 4.78 is 2.20. The minimum atomic E-state index is 0.136. The Morgan fingerprint density at radius 3 is 2.73 bits per heavy atom. The molecule has 7 heteroatoms. The second kappa shape index (κ2) is 6.44. The second-order valence-corrected chi connectivity index (χ2v) is 9.54. The summed E-state index contributed by atoms with van der Waals surface area (Å²) in [5.41, 5.74) is 1.04. The SMILES string of the molecule is Cc1nc(C)c(C(=O)N2CC(c3nncn3CC(C)C)C3(CCC3)C2)s1. The van der Waals surface area contributed by atoms with Crippen molar-refractivity contribution in [3.63, 3.8) is 0 Å². The monoisotopic (exact) mass is 373 g/mol. The third kappa shape index (κ3) is 2.86. The highest BCUT2D eigenvalue weighted by molar-refractivity contribution is 7.13. The maximum absolute atomic E-state index is 13.1. The molecule has 1 saturated heterocycles. The van der Waals surface area contributed by atoms with Crippen molar-refractivity contribution in [1.29, 1.82) is 0 Å². The third-order valence-corrected chi connectivity index (χ3v) is 6.96. The van der Waals surface area contributed by atoms with Crippen molar-refractivity contribution in [1.82, 2.24) is 24.6 Å². The first-order valence-electron chi connectivity index (χ1n) is 9.50. The van der Waals surface area contributed by atoms with Crippen molar-refractivity contribution in [2.45, 2.75) is 59.4 Å². The Morgan fingerprint density at radius 2 is 2.15 bits per heavy atom. The molecule has 4 rings (SSSR count). The van der Waals surface area contributed by atoms with Crippen LogP contribution in [0.5, 0.6) is 0 Å². The van der Waals surface area contributed by atoms with Gasteiger partial charge in [0, 0.05) is 25.6 Å². The van der Waals surface area contributed by atoms with Gasteiger partial charge >= 0.3 is 0 Å². The lowest BCUT2D eigenvalue weighted by Crippen LogP contribution is -2.38. The number of amides is 1. The van der Waals surface area contributed by atoms with Crippen LogP contribution in [0.4, 0.5) is 0 Å². The number of thiazole rings is 1. The quantitative estimate of drug-likeness (QED) is 0.824. The molecule has 1 saturated carbocycles. The average Bonchev–Trinajstić information content (AvgIpc) is 3.21. The molecule has 1 aliphatic heterocycles. The van der Waals surface area contributed by atoms with E-state index in [0.717, 1.165) is 41.0 Å². The van der Waals surface area contributed by atoms with Crippen molar-refractivity contribution in [2.75, 3.05) is 13.1 Å². The van der Waals surface area contributed by atoms with Gasteiger partial charge in [0.15, 0.2) is 0 Å². The van der Waals surface area contributed by atoms with Crippen LogP contribution in [-0.2, 0) is 6.54 Å². The number of aryl methyl sites for hydroxylation is 2. The molecule has 0 radical (unpaired) electrons. The third-order valence-electron chi connectivity index (χ3n) is 5.90. The molecule has 0 bridgehead atoms. The van der Waals surface area contributed by atoms with Crippen LogP contribution in [0, 0.1) is 25.2 Å². The van der Waals surface area contributed by atoms with Gasteiger partial charge in [0.1, 0.15) is 17.0 Å². The largest absolute Gasteiger partial charge is 0.337 e. The number of carbonyl (C=O) groups excluding carboxylic acids is 1. The number of likely N-dealkylation sites (tertiary alicyclic amines) is 1. The maximum Gasteiger partial charge on any atom is 0.265 e. The van der Waals surface area contributed by atoms with Gasteiger partial charge in [0.05, 0.1) is 10.7 Å². The summed E-state index contributed by atoms with van der Waals surface area (Å²) in [5, 5.41) is 9.63. The molecule has 3 heterocycles. The highest BCUT2D eigenvalue weighted by Crippen LogP contribution is 2.55. The second-order valence-electron chi connectivity index (χ2n) is 8.34. The van der Waals surface area contributed by atoms with Crippen molar-refractivity contribution >= 4 is 17.2 Å². The molecule has 2 aromatic rings. The standard InChI is InChI=1S/C19H27N5OS/c1-12(2)8-24-11-20-22-17(24)15-9-23(10-19(15)6-5-7-19)18(25)16-13(3)21-14(4)26-16/h11-12,15H,5-10H2,1-4H3. The van der Waals surface area contributed by atoms with Crippen LogP contribution in [0.3, 0.4) is 0 Å². The maximum atomic E-state index is 13.1. The zero-order chi connectivity index (χ0) is 18.5. The number of hydrogen-bond donors (Lipinski definition) is 0. The van der Waals surface area contributed by atoms with Crippen LogP contribution >= 0.6 is 11.3 Å². The molecule has 2 fully saturated rings. The summed E-state index contributed by atoms with van der Waals surface area (Å²) >= 11 is 1.51. The Labute approximate surface area is 158 Å². The Hall–Kier alpha value is -1.76. The molecular formula is C19H27N5OS. The van der Waals surface area contributed by atoms with Crippen molar-refractivity contribution in [3.8, 4) is 0 Å². The topological polar surface area (TPSA) is 63.9 Å². The predicted molar refractivity (Wildman–Crippen MR) is 101 cm³/mol. The molecule has 1 spiro atoms. The van der Waals surface area contributed by atoms with Crippen LogP contribution in [0.25, 0.3) is 0 Å². The fourth-order valence-electron chi connectivity index (χ4n) is 4.56. The highest BCUT2D eigenvalue weighted by Gasteiger charge is 2.53. The van der Waals surface area contributed by atoms with Crippen LogP contribution in [0.15, 0.2) is 6.33 Å². The molecule has 26 heavy (non-hydrogen) atoms. The van der Waals surface area contributed by atoms with E-state index in [1.807, 2.05) is 25.1 Å². The van der Waals surface area contributed by atoms with Gasteiger partial charge < -0.3 is 9.47 Å². The summed E-state index contributed by atoms with van der Waals surface area (Å²) in [6.07, 6.45) is 5.45. The summed E-state index contributed by atoms with van der Waals surface area (Å²) in [7, 11) is 0. The van der Waals surface area contributed by atoms with Crippen LogP contribution in [0.2, 0.25) is 0 Å². The highest BCUT2D eigenvalue weighted by atomic mass is 32.1. The molecule has 6 nitrogen and oxygen atoms in total. The molecule has 2 aromatic heterocycles. The van der Waals surface area contributed by atoms with E-state index in [2.05, 4.69) is 33.6 Å².